The lowest BCUT2D eigenvalue weighted by molar-refractivity contribution is 0.0951. The van der Waals surface area contributed by atoms with Gasteiger partial charge >= 0.3 is 0 Å². The van der Waals surface area contributed by atoms with Gasteiger partial charge in [-0.05, 0) is 25.3 Å². The molecule has 0 fully saturated rings. The average molecular weight is 362 g/mol. The van der Waals surface area contributed by atoms with Crippen molar-refractivity contribution in [3.63, 3.8) is 0 Å². The molecular weight excluding hydrogens is 338 g/mol. The standard InChI is InChI=1S/C18H23N3OS2/c1-12(2)16-20-13(3)15(18(21-16)23-4)17(22)19-10-11-24-14-8-6-5-7-9-14/h5-9,12H,10-11H2,1-4H3,(H,19,22). The van der Waals surface area contributed by atoms with E-state index in [1.165, 1.54) is 16.7 Å². The van der Waals surface area contributed by atoms with Crippen LogP contribution in [0.2, 0.25) is 0 Å². The molecule has 0 aliphatic carbocycles. The number of rotatable bonds is 7. The summed E-state index contributed by atoms with van der Waals surface area (Å²) in [6, 6.07) is 10.2. The lowest BCUT2D eigenvalue weighted by Crippen LogP contribution is -2.28. The van der Waals surface area contributed by atoms with Crippen LogP contribution in [0.5, 0.6) is 0 Å². The molecule has 0 spiro atoms. The van der Waals surface area contributed by atoms with Crippen molar-refractivity contribution in [3.8, 4) is 0 Å². The summed E-state index contributed by atoms with van der Waals surface area (Å²) in [5.41, 5.74) is 1.34. The van der Waals surface area contributed by atoms with Gasteiger partial charge in [0.25, 0.3) is 5.91 Å². The molecule has 0 radical (unpaired) electrons. The van der Waals surface area contributed by atoms with E-state index in [0.29, 0.717) is 12.1 Å². The van der Waals surface area contributed by atoms with Crippen molar-refractivity contribution in [2.45, 2.75) is 36.6 Å². The second kappa shape index (κ2) is 9.08. The Kier molecular flexibility index (Phi) is 7.12. The second-order valence-corrected chi connectivity index (χ2v) is 7.59. The summed E-state index contributed by atoms with van der Waals surface area (Å²) < 4.78 is 0. The van der Waals surface area contributed by atoms with Gasteiger partial charge in [-0.25, -0.2) is 9.97 Å². The molecule has 0 bridgehead atoms. The van der Waals surface area contributed by atoms with Crippen molar-refractivity contribution in [2.75, 3.05) is 18.6 Å². The van der Waals surface area contributed by atoms with Crippen LogP contribution in [-0.2, 0) is 0 Å². The van der Waals surface area contributed by atoms with Crippen molar-refractivity contribution in [3.05, 3.63) is 47.4 Å². The van der Waals surface area contributed by atoms with Crippen LogP contribution in [0.3, 0.4) is 0 Å². The van der Waals surface area contributed by atoms with Crippen LogP contribution in [0.15, 0.2) is 40.3 Å². The molecule has 1 heterocycles. The number of nitrogens with one attached hydrogen (secondary N) is 1. The summed E-state index contributed by atoms with van der Waals surface area (Å²) in [6.07, 6.45) is 1.94. The van der Waals surface area contributed by atoms with Gasteiger partial charge in [0, 0.05) is 23.1 Å². The fourth-order valence-electron chi connectivity index (χ4n) is 2.17. The molecule has 6 heteroatoms. The van der Waals surface area contributed by atoms with Crippen LogP contribution in [0.4, 0.5) is 0 Å². The minimum absolute atomic E-state index is 0.0965. The first-order chi connectivity index (χ1) is 11.5. The molecule has 2 aromatic rings. The predicted molar refractivity (Wildman–Crippen MR) is 102 cm³/mol. The Hall–Kier alpha value is -1.53. The molecule has 0 saturated carbocycles. The van der Waals surface area contributed by atoms with Gasteiger partial charge in [-0.1, -0.05) is 32.0 Å². The molecule has 2 rings (SSSR count). The molecule has 0 aliphatic heterocycles. The highest BCUT2D eigenvalue weighted by molar-refractivity contribution is 7.99. The fraction of sp³-hybridized carbons (Fsp3) is 0.389. The normalized spacial score (nSPS) is 10.9. The van der Waals surface area contributed by atoms with E-state index in [4.69, 9.17) is 0 Å². The first-order valence-corrected chi connectivity index (χ1v) is 10.1. The van der Waals surface area contributed by atoms with Crippen molar-refractivity contribution >= 4 is 29.4 Å². The topological polar surface area (TPSA) is 54.9 Å². The number of hydrogen-bond donors (Lipinski definition) is 1. The zero-order valence-corrected chi connectivity index (χ0v) is 16.1. The molecule has 0 unspecified atom stereocenters. The summed E-state index contributed by atoms with van der Waals surface area (Å²) in [5, 5.41) is 3.73. The average Bonchev–Trinajstić information content (AvgIpc) is 2.58. The molecule has 0 aliphatic rings. The summed E-state index contributed by atoms with van der Waals surface area (Å²) in [4.78, 5) is 22.8. The first kappa shape index (κ1) is 18.8. The van der Waals surface area contributed by atoms with E-state index in [-0.39, 0.29) is 11.8 Å². The summed E-state index contributed by atoms with van der Waals surface area (Å²) in [5.74, 6) is 1.76. The molecule has 1 aromatic carbocycles. The van der Waals surface area contributed by atoms with Gasteiger partial charge in [0.05, 0.1) is 11.3 Å². The number of nitrogens with zero attached hydrogens (tertiary/aromatic N) is 2. The second-order valence-electron chi connectivity index (χ2n) is 5.62. The molecular formula is C18H23N3OS2. The van der Waals surface area contributed by atoms with E-state index in [1.54, 1.807) is 11.8 Å². The Labute approximate surface area is 152 Å². The van der Waals surface area contributed by atoms with Crippen LogP contribution in [0.1, 0.15) is 41.6 Å². The van der Waals surface area contributed by atoms with Crippen molar-refractivity contribution in [2.24, 2.45) is 0 Å². The van der Waals surface area contributed by atoms with Crippen molar-refractivity contribution < 1.29 is 4.79 Å². The highest BCUT2D eigenvalue weighted by Crippen LogP contribution is 2.23. The molecule has 128 valence electrons. The third-order valence-corrected chi connectivity index (χ3v) is 5.11. The van der Waals surface area contributed by atoms with Crippen LogP contribution in [0.25, 0.3) is 0 Å². The Bertz CT molecular complexity index is 690. The number of benzene rings is 1. The van der Waals surface area contributed by atoms with E-state index in [1.807, 2.05) is 31.4 Å². The van der Waals surface area contributed by atoms with E-state index in [2.05, 4.69) is 41.3 Å². The summed E-state index contributed by atoms with van der Waals surface area (Å²) in [7, 11) is 0. The maximum absolute atomic E-state index is 12.5. The Balaban J connectivity index is 1.99. The Morgan fingerprint density at radius 3 is 2.54 bits per heavy atom. The number of aromatic nitrogens is 2. The SMILES string of the molecule is CSc1nc(C(C)C)nc(C)c1C(=O)NCCSc1ccccc1. The first-order valence-electron chi connectivity index (χ1n) is 7.91. The molecule has 1 N–H and O–H groups in total. The number of amides is 1. The zero-order chi connectivity index (χ0) is 17.5. The van der Waals surface area contributed by atoms with Crippen LogP contribution < -0.4 is 5.32 Å². The van der Waals surface area contributed by atoms with E-state index in [0.717, 1.165) is 22.3 Å². The maximum Gasteiger partial charge on any atom is 0.255 e. The third kappa shape index (κ3) is 4.98. The smallest absolute Gasteiger partial charge is 0.255 e. The minimum Gasteiger partial charge on any atom is -0.351 e. The summed E-state index contributed by atoms with van der Waals surface area (Å²) >= 11 is 3.22. The Morgan fingerprint density at radius 1 is 1.21 bits per heavy atom. The minimum atomic E-state index is -0.0965. The van der Waals surface area contributed by atoms with E-state index < -0.39 is 0 Å². The highest BCUT2D eigenvalue weighted by atomic mass is 32.2. The monoisotopic (exact) mass is 361 g/mol. The number of carbonyl (C=O) groups is 1. The Morgan fingerprint density at radius 2 is 1.92 bits per heavy atom. The van der Waals surface area contributed by atoms with Gasteiger partial charge in [0.2, 0.25) is 0 Å². The predicted octanol–water partition coefficient (Wildman–Crippen LogP) is 4.15. The number of hydrogen-bond acceptors (Lipinski definition) is 5. The zero-order valence-electron chi connectivity index (χ0n) is 14.5. The van der Waals surface area contributed by atoms with Crippen molar-refractivity contribution in [1.29, 1.82) is 0 Å². The molecule has 0 saturated heterocycles. The maximum atomic E-state index is 12.5. The number of thioether (sulfide) groups is 2. The summed E-state index contributed by atoms with van der Waals surface area (Å²) in [6.45, 7) is 6.59. The van der Waals surface area contributed by atoms with Crippen LogP contribution in [-0.4, -0.2) is 34.4 Å². The van der Waals surface area contributed by atoms with Gasteiger partial charge in [-0.15, -0.1) is 23.5 Å². The number of aryl methyl sites for hydroxylation is 1. The van der Waals surface area contributed by atoms with Gasteiger partial charge in [-0.2, -0.15) is 0 Å². The molecule has 1 amide bonds. The van der Waals surface area contributed by atoms with Gasteiger partial charge in [0.15, 0.2) is 0 Å². The fourth-order valence-corrected chi connectivity index (χ4v) is 3.59. The third-order valence-electron chi connectivity index (χ3n) is 3.41. The quantitative estimate of drug-likeness (QED) is 0.456. The largest absolute Gasteiger partial charge is 0.351 e. The molecule has 0 atom stereocenters. The molecule has 1 aromatic heterocycles. The molecule has 24 heavy (non-hydrogen) atoms. The van der Waals surface area contributed by atoms with Crippen LogP contribution in [0, 0.1) is 6.92 Å². The van der Waals surface area contributed by atoms with Gasteiger partial charge < -0.3 is 5.32 Å². The lowest BCUT2D eigenvalue weighted by atomic mass is 10.1. The molecule has 4 nitrogen and oxygen atoms in total. The van der Waals surface area contributed by atoms with E-state index in [9.17, 15) is 4.79 Å². The van der Waals surface area contributed by atoms with E-state index >= 15 is 0 Å². The van der Waals surface area contributed by atoms with Crippen molar-refractivity contribution in [1.82, 2.24) is 15.3 Å². The van der Waals surface area contributed by atoms with Crippen LogP contribution >= 0.6 is 23.5 Å². The van der Waals surface area contributed by atoms with Gasteiger partial charge in [0.1, 0.15) is 10.9 Å². The number of carbonyl (C=O) groups excluding carboxylic acids is 1. The lowest BCUT2D eigenvalue weighted by Gasteiger charge is -2.13. The highest BCUT2D eigenvalue weighted by Gasteiger charge is 2.18. The van der Waals surface area contributed by atoms with Gasteiger partial charge in [-0.3, -0.25) is 4.79 Å².